The average Bonchev–Trinajstić information content (AvgIpc) is 2.82. The number of amides is 1. The Morgan fingerprint density at radius 1 is 1.53 bits per heavy atom. The van der Waals surface area contributed by atoms with Crippen LogP contribution in [0.2, 0.25) is 5.02 Å². The number of halogens is 2. The van der Waals surface area contributed by atoms with Crippen molar-refractivity contribution in [2.24, 2.45) is 0 Å². The van der Waals surface area contributed by atoms with E-state index >= 15 is 0 Å². The highest BCUT2D eigenvalue weighted by molar-refractivity contribution is 14.1. The molecule has 0 radical (unpaired) electrons. The zero-order valence-electron chi connectivity index (χ0n) is 8.61. The van der Waals surface area contributed by atoms with Crippen molar-refractivity contribution in [3.63, 3.8) is 0 Å². The van der Waals surface area contributed by atoms with Crippen LogP contribution in [0.25, 0.3) is 0 Å². The summed E-state index contributed by atoms with van der Waals surface area (Å²) in [6, 6.07) is 5.24. The summed E-state index contributed by atoms with van der Waals surface area (Å²) in [4.78, 5) is 15.9. The van der Waals surface area contributed by atoms with Gasteiger partial charge in [-0.25, -0.2) is 4.98 Å². The molecule has 0 bridgehead atoms. The van der Waals surface area contributed by atoms with Gasteiger partial charge in [0, 0.05) is 20.7 Å². The molecule has 88 valence electrons. The molecule has 1 N–H and O–H groups in total. The number of aromatic nitrogens is 1. The molecule has 0 fully saturated rings. The largest absolute Gasteiger partial charge is 0.346 e. The van der Waals surface area contributed by atoms with Crippen LogP contribution in [-0.2, 0) is 6.54 Å². The highest BCUT2D eigenvalue weighted by Gasteiger charge is 2.07. The van der Waals surface area contributed by atoms with Crippen LogP contribution in [0.3, 0.4) is 0 Å². The van der Waals surface area contributed by atoms with E-state index in [2.05, 4.69) is 32.9 Å². The van der Waals surface area contributed by atoms with Crippen LogP contribution in [0.4, 0.5) is 0 Å². The monoisotopic (exact) mass is 378 g/mol. The van der Waals surface area contributed by atoms with Gasteiger partial charge >= 0.3 is 0 Å². The molecule has 0 saturated heterocycles. The standard InChI is InChI=1S/C11H8ClIN2OS/c12-8-5-7(1-2-9(8)13)11(16)15-6-10-14-3-4-17-10/h1-5H,6H2,(H,15,16). The van der Waals surface area contributed by atoms with Crippen molar-refractivity contribution in [2.75, 3.05) is 0 Å². The second-order valence-corrected chi connectivity index (χ2v) is 5.79. The number of benzene rings is 1. The van der Waals surface area contributed by atoms with Gasteiger partial charge in [0.25, 0.3) is 5.91 Å². The minimum Gasteiger partial charge on any atom is -0.346 e. The first-order valence-corrected chi connectivity index (χ1v) is 7.12. The number of thiazole rings is 1. The molecule has 0 atom stereocenters. The van der Waals surface area contributed by atoms with Gasteiger partial charge in [0.1, 0.15) is 5.01 Å². The lowest BCUT2D eigenvalue weighted by Gasteiger charge is -2.04. The summed E-state index contributed by atoms with van der Waals surface area (Å²) in [5.41, 5.74) is 0.562. The van der Waals surface area contributed by atoms with E-state index in [1.54, 1.807) is 18.3 Å². The molecule has 6 heteroatoms. The van der Waals surface area contributed by atoms with Gasteiger partial charge in [-0.05, 0) is 40.8 Å². The van der Waals surface area contributed by atoms with Gasteiger partial charge in [0.05, 0.1) is 11.6 Å². The Bertz CT molecular complexity index is 530. The van der Waals surface area contributed by atoms with Crippen LogP contribution in [-0.4, -0.2) is 10.9 Å². The summed E-state index contributed by atoms with van der Waals surface area (Å²) >= 11 is 9.59. The third-order valence-electron chi connectivity index (χ3n) is 2.07. The SMILES string of the molecule is O=C(NCc1nccs1)c1ccc(I)c(Cl)c1. The Labute approximate surface area is 121 Å². The van der Waals surface area contributed by atoms with Crippen LogP contribution in [0, 0.1) is 3.57 Å². The molecule has 1 amide bonds. The van der Waals surface area contributed by atoms with Crippen molar-refractivity contribution in [2.45, 2.75) is 6.54 Å². The topological polar surface area (TPSA) is 42.0 Å². The Kier molecular flexibility index (Phi) is 4.36. The number of hydrogen-bond acceptors (Lipinski definition) is 3. The Morgan fingerprint density at radius 2 is 2.35 bits per heavy atom. The van der Waals surface area contributed by atoms with E-state index in [-0.39, 0.29) is 5.91 Å². The molecule has 3 nitrogen and oxygen atoms in total. The molecule has 0 spiro atoms. The van der Waals surface area contributed by atoms with Crippen LogP contribution >= 0.6 is 45.5 Å². The van der Waals surface area contributed by atoms with Crippen molar-refractivity contribution in [3.8, 4) is 0 Å². The van der Waals surface area contributed by atoms with E-state index < -0.39 is 0 Å². The molecule has 1 aromatic carbocycles. The number of hydrogen-bond donors (Lipinski definition) is 1. The zero-order valence-corrected chi connectivity index (χ0v) is 12.3. The third kappa shape index (κ3) is 3.40. The summed E-state index contributed by atoms with van der Waals surface area (Å²) in [5, 5.41) is 6.15. The predicted octanol–water partition coefficient (Wildman–Crippen LogP) is 3.33. The van der Waals surface area contributed by atoms with Gasteiger partial charge in [0.2, 0.25) is 0 Å². The maximum atomic E-state index is 11.8. The Morgan fingerprint density at radius 3 is 3.00 bits per heavy atom. The lowest BCUT2D eigenvalue weighted by molar-refractivity contribution is 0.0951. The molecule has 0 aliphatic rings. The molecule has 1 heterocycles. The van der Waals surface area contributed by atoms with Crippen molar-refractivity contribution >= 4 is 51.4 Å². The number of carbonyl (C=O) groups is 1. The van der Waals surface area contributed by atoms with Crippen molar-refractivity contribution in [3.05, 3.63) is 48.9 Å². The number of nitrogens with zero attached hydrogens (tertiary/aromatic N) is 1. The minimum absolute atomic E-state index is 0.140. The average molecular weight is 379 g/mol. The Hall–Kier alpha value is -0.660. The first-order chi connectivity index (χ1) is 8.16. The Balaban J connectivity index is 2.02. The highest BCUT2D eigenvalue weighted by atomic mass is 127. The maximum Gasteiger partial charge on any atom is 0.251 e. The van der Waals surface area contributed by atoms with Crippen molar-refractivity contribution in [1.29, 1.82) is 0 Å². The van der Waals surface area contributed by atoms with Crippen molar-refractivity contribution in [1.82, 2.24) is 10.3 Å². The normalized spacial score (nSPS) is 10.2. The van der Waals surface area contributed by atoms with Gasteiger partial charge in [-0.15, -0.1) is 11.3 Å². The van der Waals surface area contributed by atoms with Crippen molar-refractivity contribution < 1.29 is 4.79 Å². The van der Waals surface area contributed by atoms with Crippen LogP contribution in [0.15, 0.2) is 29.8 Å². The molecule has 0 unspecified atom stereocenters. The van der Waals surface area contributed by atoms with Gasteiger partial charge in [0.15, 0.2) is 0 Å². The summed E-state index contributed by atoms with van der Waals surface area (Å²) in [6.45, 7) is 0.445. The van der Waals surface area contributed by atoms with Crippen LogP contribution in [0.5, 0.6) is 0 Å². The van der Waals surface area contributed by atoms with E-state index in [0.29, 0.717) is 17.1 Å². The van der Waals surface area contributed by atoms with E-state index in [0.717, 1.165) is 8.58 Å². The molecular formula is C11H8ClIN2OS. The quantitative estimate of drug-likeness (QED) is 0.833. The summed E-state index contributed by atoms with van der Waals surface area (Å²) in [6.07, 6.45) is 1.72. The van der Waals surface area contributed by atoms with Crippen LogP contribution in [0.1, 0.15) is 15.4 Å². The first-order valence-electron chi connectivity index (χ1n) is 4.78. The number of nitrogens with one attached hydrogen (secondary N) is 1. The first kappa shape index (κ1) is 12.8. The molecule has 0 aliphatic carbocycles. The minimum atomic E-state index is -0.140. The summed E-state index contributed by atoms with van der Waals surface area (Å²) < 4.78 is 0.931. The molecular weight excluding hydrogens is 371 g/mol. The molecule has 2 rings (SSSR count). The van der Waals surface area contributed by atoms with Crippen LogP contribution < -0.4 is 5.32 Å². The second kappa shape index (κ2) is 5.79. The summed E-state index contributed by atoms with van der Waals surface area (Å²) in [7, 11) is 0. The fraction of sp³-hybridized carbons (Fsp3) is 0.0909. The lowest BCUT2D eigenvalue weighted by atomic mass is 10.2. The highest BCUT2D eigenvalue weighted by Crippen LogP contribution is 2.19. The smallest absolute Gasteiger partial charge is 0.251 e. The second-order valence-electron chi connectivity index (χ2n) is 3.24. The fourth-order valence-electron chi connectivity index (χ4n) is 1.24. The predicted molar refractivity (Wildman–Crippen MR) is 77.5 cm³/mol. The zero-order chi connectivity index (χ0) is 12.3. The molecule has 0 aliphatic heterocycles. The molecule has 2 aromatic rings. The fourth-order valence-corrected chi connectivity index (χ4v) is 2.31. The van der Waals surface area contributed by atoms with Gasteiger partial charge in [-0.1, -0.05) is 11.6 Å². The maximum absolute atomic E-state index is 11.8. The summed E-state index contributed by atoms with van der Waals surface area (Å²) in [5.74, 6) is -0.140. The molecule has 1 aromatic heterocycles. The van der Waals surface area contributed by atoms with Gasteiger partial charge < -0.3 is 5.32 Å². The number of carbonyl (C=O) groups excluding carboxylic acids is 1. The molecule has 0 saturated carbocycles. The van der Waals surface area contributed by atoms with Gasteiger partial charge in [-0.3, -0.25) is 4.79 Å². The molecule has 17 heavy (non-hydrogen) atoms. The number of rotatable bonds is 3. The van der Waals surface area contributed by atoms with E-state index in [9.17, 15) is 4.79 Å². The van der Waals surface area contributed by atoms with E-state index in [4.69, 9.17) is 11.6 Å². The third-order valence-corrected chi connectivity index (χ3v) is 4.42. The van der Waals surface area contributed by atoms with E-state index in [1.165, 1.54) is 11.3 Å². The lowest BCUT2D eigenvalue weighted by Crippen LogP contribution is -2.22. The van der Waals surface area contributed by atoms with E-state index in [1.807, 2.05) is 11.4 Å². The van der Waals surface area contributed by atoms with Gasteiger partial charge in [-0.2, -0.15) is 0 Å².